The summed E-state index contributed by atoms with van der Waals surface area (Å²) in [4.78, 5) is 12.3. The lowest BCUT2D eigenvalue weighted by Crippen LogP contribution is -2.16. The van der Waals surface area contributed by atoms with E-state index in [-0.39, 0.29) is 12.4 Å². The third-order valence-corrected chi connectivity index (χ3v) is 6.44. The highest BCUT2D eigenvalue weighted by molar-refractivity contribution is 9.10. The molecule has 0 unspecified atom stereocenters. The zero-order valence-electron chi connectivity index (χ0n) is 16.5. The number of furan rings is 1. The average Bonchev–Trinajstić information content (AvgIpc) is 3.18. The van der Waals surface area contributed by atoms with Gasteiger partial charge in [0.15, 0.2) is 11.5 Å². The molecule has 0 radical (unpaired) electrons. The van der Waals surface area contributed by atoms with Gasteiger partial charge in [0.25, 0.3) is 0 Å². The minimum absolute atomic E-state index is 0.157. The van der Waals surface area contributed by atoms with Gasteiger partial charge in [-0.05, 0) is 70.0 Å². The molecule has 4 rings (SSSR count). The molecule has 0 aliphatic rings. The second-order valence-corrected chi connectivity index (χ2v) is 9.85. The number of nitrogens with zero attached hydrogens (tertiary/aromatic N) is 1. The van der Waals surface area contributed by atoms with Crippen molar-refractivity contribution in [1.29, 1.82) is 0 Å². The number of carbonyl (C=O) groups excluding carboxylic acids is 1. The first-order valence-corrected chi connectivity index (χ1v) is 12.1. The van der Waals surface area contributed by atoms with Crippen LogP contribution in [0.4, 0.5) is 0 Å². The maximum Gasteiger partial charge on any atom is 0.307 e. The zero-order valence-corrected chi connectivity index (χ0v) is 22.0. The van der Waals surface area contributed by atoms with Crippen LogP contribution in [0.3, 0.4) is 0 Å². The Kier molecular flexibility index (Phi) is 7.66. The summed E-state index contributed by atoms with van der Waals surface area (Å²) >= 11 is 25.3. The number of carbonyl (C=O) groups is 1. The van der Waals surface area contributed by atoms with E-state index in [2.05, 4.69) is 42.4 Å². The van der Waals surface area contributed by atoms with Crippen LogP contribution >= 0.6 is 66.7 Å². The Hall–Kier alpha value is -2.03. The maximum atomic E-state index is 12.3. The first kappa shape index (κ1) is 24.1. The number of ether oxygens (including phenoxy) is 1. The van der Waals surface area contributed by atoms with E-state index in [1.54, 1.807) is 42.5 Å². The van der Waals surface area contributed by atoms with Crippen molar-refractivity contribution in [2.45, 2.75) is 6.61 Å². The number of amides is 1. The fourth-order valence-corrected chi connectivity index (χ4v) is 4.76. The monoisotopic (exact) mass is 628 g/mol. The van der Waals surface area contributed by atoms with Crippen molar-refractivity contribution < 1.29 is 13.9 Å². The standard InChI is InChI=1S/C23H13Br2Cl3N2O3/c24-15-2-4-20-14(7-15)8-21(33-20)23(31)30-29-10-12-5-17(25)22(19(28)6-12)32-11-13-1-3-16(26)9-18(13)27/h1-10H,11H2,(H,30,31)/b29-10+. The van der Waals surface area contributed by atoms with Crippen molar-refractivity contribution in [3.8, 4) is 5.75 Å². The van der Waals surface area contributed by atoms with E-state index in [9.17, 15) is 4.79 Å². The van der Waals surface area contributed by atoms with Crippen LogP contribution in [-0.4, -0.2) is 12.1 Å². The molecular weight excluding hydrogens is 618 g/mol. The fourth-order valence-electron chi connectivity index (χ4n) is 2.93. The maximum absolute atomic E-state index is 12.3. The van der Waals surface area contributed by atoms with Gasteiger partial charge in [-0.1, -0.05) is 56.8 Å². The van der Waals surface area contributed by atoms with Gasteiger partial charge in [-0.3, -0.25) is 4.79 Å². The summed E-state index contributed by atoms with van der Waals surface area (Å²) < 4.78 is 12.9. The Labute approximate surface area is 220 Å². The van der Waals surface area contributed by atoms with Gasteiger partial charge < -0.3 is 9.15 Å². The number of hydrogen-bond acceptors (Lipinski definition) is 4. The molecule has 10 heteroatoms. The van der Waals surface area contributed by atoms with Crippen LogP contribution in [0.5, 0.6) is 5.75 Å². The number of fused-ring (bicyclic) bond motifs is 1. The Bertz CT molecular complexity index is 1370. The van der Waals surface area contributed by atoms with Gasteiger partial charge in [-0.15, -0.1) is 0 Å². The number of hydrazone groups is 1. The molecular formula is C23H13Br2Cl3N2O3. The van der Waals surface area contributed by atoms with Crippen LogP contribution in [-0.2, 0) is 6.61 Å². The number of benzene rings is 3. The highest BCUT2D eigenvalue weighted by Gasteiger charge is 2.13. The second kappa shape index (κ2) is 10.5. The second-order valence-electron chi connectivity index (χ2n) is 6.83. The summed E-state index contributed by atoms with van der Waals surface area (Å²) in [6.45, 7) is 0.214. The Balaban J connectivity index is 1.42. The van der Waals surface area contributed by atoms with Gasteiger partial charge >= 0.3 is 5.91 Å². The molecule has 0 aliphatic heterocycles. The van der Waals surface area contributed by atoms with Crippen LogP contribution in [0.15, 0.2) is 73.1 Å². The molecule has 4 aromatic rings. The molecule has 0 saturated heterocycles. The summed E-state index contributed by atoms with van der Waals surface area (Å²) in [5.41, 5.74) is 4.48. The van der Waals surface area contributed by atoms with E-state index in [0.29, 0.717) is 36.4 Å². The van der Waals surface area contributed by atoms with Gasteiger partial charge in [0.05, 0.1) is 15.7 Å². The first-order chi connectivity index (χ1) is 15.8. The molecule has 1 N–H and O–H groups in total. The lowest BCUT2D eigenvalue weighted by atomic mass is 10.2. The van der Waals surface area contributed by atoms with Crippen molar-refractivity contribution >= 4 is 89.8 Å². The lowest BCUT2D eigenvalue weighted by Gasteiger charge is -2.12. The third-order valence-electron chi connectivity index (χ3n) is 4.49. The summed E-state index contributed by atoms with van der Waals surface area (Å²) in [7, 11) is 0. The fraction of sp³-hybridized carbons (Fsp3) is 0.0435. The molecule has 0 spiro atoms. The molecule has 1 heterocycles. The van der Waals surface area contributed by atoms with Crippen molar-refractivity contribution in [1.82, 2.24) is 5.43 Å². The molecule has 1 aromatic heterocycles. The summed E-state index contributed by atoms with van der Waals surface area (Å²) in [6.07, 6.45) is 1.47. The highest BCUT2D eigenvalue weighted by atomic mass is 79.9. The molecule has 1 amide bonds. The number of nitrogens with one attached hydrogen (secondary N) is 1. The normalized spacial score (nSPS) is 11.3. The van der Waals surface area contributed by atoms with Gasteiger partial charge in [0.1, 0.15) is 12.2 Å². The summed E-state index contributed by atoms with van der Waals surface area (Å²) in [6, 6.07) is 15.7. The molecule has 0 fully saturated rings. The van der Waals surface area contributed by atoms with Crippen LogP contribution < -0.4 is 10.2 Å². The van der Waals surface area contributed by atoms with Gasteiger partial charge in [0.2, 0.25) is 0 Å². The predicted molar refractivity (Wildman–Crippen MR) is 139 cm³/mol. The van der Waals surface area contributed by atoms with Crippen LogP contribution in [0.25, 0.3) is 11.0 Å². The molecule has 168 valence electrons. The van der Waals surface area contributed by atoms with Crippen LogP contribution in [0.2, 0.25) is 15.1 Å². The Morgan fingerprint density at radius 3 is 2.61 bits per heavy atom. The van der Waals surface area contributed by atoms with Gasteiger partial charge in [-0.2, -0.15) is 5.10 Å². The Morgan fingerprint density at radius 1 is 1.03 bits per heavy atom. The molecule has 0 saturated carbocycles. The minimum atomic E-state index is -0.469. The van der Waals surface area contributed by atoms with Crippen molar-refractivity contribution in [2.24, 2.45) is 5.10 Å². The quantitative estimate of drug-likeness (QED) is 0.172. The van der Waals surface area contributed by atoms with Crippen molar-refractivity contribution in [3.05, 3.63) is 95.5 Å². The smallest absolute Gasteiger partial charge is 0.307 e. The molecule has 0 bridgehead atoms. The molecule has 33 heavy (non-hydrogen) atoms. The molecule has 0 atom stereocenters. The van der Waals surface area contributed by atoms with E-state index in [1.165, 1.54) is 6.21 Å². The van der Waals surface area contributed by atoms with Crippen molar-refractivity contribution in [2.75, 3.05) is 0 Å². The average molecular weight is 632 g/mol. The van der Waals surface area contributed by atoms with E-state index in [0.717, 1.165) is 15.4 Å². The lowest BCUT2D eigenvalue weighted by molar-refractivity contribution is 0.0929. The molecule has 0 aliphatic carbocycles. The van der Waals surface area contributed by atoms with E-state index in [1.807, 2.05) is 12.1 Å². The summed E-state index contributed by atoms with van der Waals surface area (Å²) in [5, 5.41) is 6.22. The number of halogens is 5. The zero-order chi connectivity index (χ0) is 23.5. The first-order valence-electron chi connectivity index (χ1n) is 9.38. The number of rotatable bonds is 6. The largest absolute Gasteiger partial charge is 0.486 e. The van der Waals surface area contributed by atoms with Gasteiger partial charge in [-0.25, -0.2) is 5.43 Å². The van der Waals surface area contributed by atoms with Crippen LogP contribution in [0, 0.1) is 0 Å². The van der Waals surface area contributed by atoms with E-state index >= 15 is 0 Å². The van der Waals surface area contributed by atoms with Crippen LogP contribution in [0.1, 0.15) is 21.7 Å². The van der Waals surface area contributed by atoms with Crippen molar-refractivity contribution in [3.63, 3.8) is 0 Å². The Morgan fingerprint density at radius 2 is 1.85 bits per heavy atom. The van der Waals surface area contributed by atoms with Gasteiger partial charge in [0, 0.05) is 25.5 Å². The SMILES string of the molecule is O=C(N/N=C/c1cc(Cl)c(OCc2ccc(Cl)cc2Cl)c(Br)c1)c1cc2cc(Br)ccc2o1. The molecule has 3 aromatic carbocycles. The molecule has 5 nitrogen and oxygen atoms in total. The topological polar surface area (TPSA) is 63.8 Å². The predicted octanol–water partition coefficient (Wildman–Crippen LogP) is 8.26. The highest BCUT2D eigenvalue weighted by Crippen LogP contribution is 2.35. The number of hydrogen-bond donors (Lipinski definition) is 1. The minimum Gasteiger partial charge on any atom is -0.486 e. The summed E-state index contributed by atoms with van der Waals surface area (Å²) in [5.74, 6) is 0.143. The van der Waals surface area contributed by atoms with E-state index in [4.69, 9.17) is 44.0 Å². The van der Waals surface area contributed by atoms with E-state index < -0.39 is 5.91 Å². The third kappa shape index (κ3) is 5.91.